The molecule has 0 radical (unpaired) electrons. The summed E-state index contributed by atoms with van der Waals surface area (Å²) in [4.78, 5) is 25.0. The van der Waals surface area contributed by atoms with Crippen LogP contribution in [0.2, 0.25) is 5.02 Å². The first-order valence-corrected chi connectivity index (χ1v) is 7.46. The summed E-state index contributed by atoms with van der Waals surface area (Å²) in [5, 5.41) is 0.434. The maximum absolute atomic E-state index is 14.9. The molecule has 124 valence electrons. The molecule has 1 saturated heterocycles. The molecule has 0 bridgehead atoms. The number of methoxy groups -OCH3 is 1. The lowest BCUT2D eigenvalue weighted by atomic mass is 10.1. The highest BCUT2D eigenvalue weighted by atomic mass is 35.5. The molecule has 3 rings (SSSR count). The fourth-order valence-electron chi connectivity index (χ4n) is 2.41. The molecule has 1 heterocycles. The Morgan fingerprint density at radius 1 is 1.12 bits per heavy atom. The number of benzene rings is 2. The van der Waals surface area contributed by atoms with Crippen LogP contribution >= 0.6 is 11.6 Å². The lowest BCUT2D eigenvalue weighted by Gasteiger charge is -2.16. The Hall–Kier alpha value is -2.60. The molecule has 0 spiro atoms. The molecule has 0 N–H and O–H groups in total. The molecule has 1 aliphatic heterocycles. The van der Waals surface area contributed by atoms with Gasteiger partial charge in [0.05, 0.1) is 19.2 Å². The fourth-order valence-corrected chi connectivity index (χ4v) is 2.53. The van der Waals surface area contributed by atoms with Crippen LogP contribution in [0.3, 0.4) is 0 Å². The molecule has 5 nitrogen and oxygen atoms in total. The van der Waals surface area contributed by atoms with E-state index < -0.39 is 17.9 Å². The third kappa shape index (κ3) is 2.92. The molecular weight excluding hydrogens is 337 g/mol. The Morgan fingerprint density at radius 2 is 1.75 bits per heavy atom. The van der Waals surface area contributed by atoms with Gasteiger partial charge in [0.15, 0.2) is 0 Å². The van der Waals surface area contributed by atoms with Crippen LogP contribution in [0.1, 0.15) is 5.56 Å². The number of ether oxygens (including phenoxy) is 2. The first kappa shape index (κ1) is 16.3. The number of alkyl halides is 1. The number of carbonyl (C=O) groups excluding carboxylic acids is 2. The van der Waals surface area contributed by atoms with Gasteiger partial charge in [0, 0.05) is 5.02 Å². The number of nitrogens with zero attached hydrogens (tertiary/aromatic N) is 1. The quantitative estimate of drug-likeness (QED) is 0.843. The van der Waals surface area contributed by atoms with E-state index in [2.05, 4.69) is 0 Å². The number of imide groups is 1. The zero-order valence-corrected chi connectivity index (χ0v) is 13.4. The van der Waals surface area contributed by atoms with E-state index in [0.717, 1.165) is 0 Å². The zero-order valence-electron chi connectivity index (χ0n) is 12.7. The van der Waals surface area contributed by atoms with Crippen molar-refractivity contribution in [2.75, 3.05) is 12.0 Å². The molecule has 2 aromatic rings. The van der Waals surface area contributed by atoms with Gasteiger partial charge in [-0.25, -0.2) is 9.69 Å². The van der Waals surface area contributed by atoms with Crippen LogP contribution in [0.4, 0.5) is 14.9 Å². The first-order valence-electron chi connectivity index (χ1n) is 7.08. The predicted octanol–water partition coefficient (Wildman–Crippen LogP) is 3.74. The second-order valence-electron chi connectivity index (χ2n) is 5.24. The van der Waals surface area contributed by atoms with Crippen molar-refractivity contribution < 1.29 is 23.5 Å². The monoisotopic (exact) mass is 349 g/mol. The molecule has 1 fully saturated rings. The molecule has 0 aliphatic carbocycles. The van der Waals surface area contributed by atoms with Crippen molar-refractivity contribution in [3.63, 3.8) is 0 Å². The second kappa shape index (κ2) is 6.13. The van der Waals surface area contributed by atoms with Gasteiger partial charge in [-0.2, -0.15) is 4.39 Å². The van der Waals surface area contributed by atoms with Crippen molar-refractivity contribution in [2.45, 2.75) is 12.3 Å². The number of amides is 2. The van der Waals surface area contributed by atoms with Crippen molar-refractivity contribution in [3.8, 4) is 5.75 Å². The van der Waals surface area contributed by atoms with Gasteiger partial charge >= 0.3 is 17.9 Å². The number of hydrogen-bond donors (Lipinski definition) is 0. The molecule has 1 unspecified atom stereocenters. The van der Waals surface area contributed by atoms with Crippen molar-refractivity contribution in [3.05, 3.63) is 59.1 Å². The van der Waals surface area contributed by atoms with Crippen LogP contribution in [-0.2, 0) is 16.0 Å². The van der Waals surface area contributed by atoms with Crippen LogP contribution in [0, 0.1) is 0 Å². The minimum Gasteiger partial charge on any atom is -0.497 e. The normalized spacial score (nSPS) is 20.2. The SMILES string of the molecule is COc1ccc(CC2(F)OC(=O)N(c3ccc(Cl)cc3)C2=O)cc1. The smallest absolute Gasteiger partial charge is 0.424 e. The Kier molecular flexibility index (Phi) is 4.15. The van der Waals surface area contributed by atoms with Gasteiger partial charge < -0.3 is 9.47 Å². The number of rotatable bonds is 4. The second-order valence-corrected chi connectivity index (χ2v) is 5.67. The minimum absolute atomic E-state index is 0.198. The average Bonchev–Trinajstić information content (AvgIpc) is 2.78. The van der Waals surface area contributed by atoms with E-state index in [1.165, 1.54) is 31.4 Å². The van der Waals surface area contributed by atoms with Gasteiger partial charge in [0.25, 0.3) is 0 Å². The molecular formula is C17H13ClFNO4. The number of hydrogen-bond acceptors (Lipinski definition) is 4. The summed E-state index contributed by atoms with van der Waals surface area (Å²) in [5.74, 6) is -3.21. The van der Waals surface area contributed by atoms with Crippen LogP contribution in [0.5, 0.6) is 5.75 Å². The molecule has 1 atom stereocenters. The van der Waals surface area contributed by atoms with E-state index in [4.69, 9.17) is 21.1 Å². The average molecular weight is 350 g/mol. The molecule has 2 amide bonds. The van der Waals surface area contributed by atoms with E-state index in [0.29, 0.717) is 21.2 Å². The fraction of sp³-hybridized carbons (Fsp3) is 0.176. The lowest BCUT2D eigenvalue weighted by molar-refractivity contribution is -0.146. The third-order valence-electron chi connectivity index (χ3n) is 3.63. The Labute approximate surface area is 142 Å². The van der Waals surface area contributed by atoms with Crippen LogP contribution in [0.15, 0.2) is 48.5 Å². The zero-order chi connectivity index (χ0) is 17.3. The predicted molar refractivity (Wildman–Crippen MR) is 86.0 cm³/mol. The first-order chi connectivity index (χ1) is 11.4. The highest BCUT2D eigenvalue weighted by Crippen LogP contribution is 2.34. The largest absolute Gasteiger partial charge is 0.497 e. The summed E-state index contributed by atoms with van der Waals surface area (Å²) >= 11 is 5.78. The van der Waals surface area contributed by atoms with Gasteiger partial charge in [-0.05, 0) is 42.0 Å². The van der Waals surface area contributed by atoms with E-state index in [1.54, 1.807) is 24.3 Å². The summed E-state index contributed by atoms with van der Waals surface area (Å²) in [5.41, 5.74) is 0.695. The summed E-state index contributed by atoms with van der Waals surface area (Å²) in [6.45, 7) is 0. The molecule has 0 saturated carbocycles. The molecule has 1 aliphatic rings. The van der Waals surface area contributed by atoms with Gasteiger partial charge in [0.2, 0.25) is 0 Å². The van der Waals surface area contributed by atoms with E-state index in [1.807, 2.05) is 0 Å². The van der Waals surface area contributed by atoms with E-state index in [-0.39, 0.29) is 12.1 Å². The van der Waals surface area contributed by atoms with Crippen LogP contribution in [-0.4, -0.2) is 25.0 Å². The van der Waals surface area contributed by atoms with Crippen molar-refractivity contribution in [1.29, 1.82) is 0 Å². The van der Waals surface area contributed by atoms with E-state index in [9.17, 15) is 14.0 Å². The topological polar surface area (TPSA) is 55.8 Å². The van der Waals surface area contributed by atoms with Crippen molar-refractivity contribution in [1.82, 2.24) is 0 Å². The van der Waals surface area contributed by atoms with E-state index >= 15 is 0 Å². The Morgan fingerprint density at radius 3 is 2.33 bits per heavy atom. The number of cyclic esters (lactones) is 1. The van der Waals surface area contributed by atoms with Crippen molar-refractivity contribution >= 4 is 29.3 Å². The Balaban J connectivity index is 1.84. The third-order valence-corrected chi connectivity index (χ3v) is 3.88. The minimum atomic E-state index is -2.74. The summed E-state index contributed by atoms with van der Waals surface area (Å²) in [6, 6.07) is 12.4. The molecule has 2 aromatic carbocycles. The molecule has 24 heavy (non-hydrogen) atoms. The molecule has 7 heteroatoms. The maximum Gasteiger partial charge on any atom is 0.424 e. The van der Waals surface area contributed by atoms with Gasteiger partial charge in [-0.1, -0.05) is 23.7 Å². The maximum atomic E-state index is 14.9. The standard InChI is InChI=1S/C17H13ClFNO4/c1-23-14-8-2-11(3-9-14)10-17(19)15(21)20(16(22)24-17)13-6-4-12(18)5-7-13/h2-9H,10H2,1H3. The van der Waals surface area contributed by atoms with Gasteiger partial charge in [-0.3, -0.25) is 4.79 Å². The summed E-state index contributed by atoms with van der Waals surface area (Å²) < 4.78 is 24.7. The van der Waals surface area contributed by atoms with Crippen LogP contribution in [0.25, 0.3) is 0 Å². The van der Waals surface area contributed by atoms with Gasteiger partial charge in [-0.15, -0.1) is 0 Å². The van der Waals surface area contributed by atoms with Crippen LogP contribution < -0.4 is 9.64 Å². The summed E-state index contributed by atoms with van der Waals surface area (Å²) in [7, 11) is 1.51. The number of halogens is 2. The summed E-state index contributed by atoms with van der Waals surface area (Å²) in [6.07, 6.45) is -1.44. The molecule has 0 aromatic heterocycles. The highest BCUT2D eigenvalue weighted by molar-refractivity contribution is 6.30. The lowest BCUT2D eigenvalue weighted by Crippen LogP contribution is -2.39. The van der Waals surface area contributed by atoms with Crippen molar-refractivity contribution in [2.24, 2.45) is 0 Å². The number of carbonyl (C=O) groups is 2. The van der Waals surface area contributed by atoms with Gasteiger partial charge in [0.1, 0.15) is 5.75 Å². The number of anilines is 1. The Bertz CT molecular complexity index is 778. The highest BCUT2D eigenvalue weighted by Gasteiger charge is 2.55.